The molecule has 0 atom stereocenters. The number of nitrogens with zero attached hydrogens (tertiary/aromatic N) is 4. The molecule has 9 heteroatoms. The number of fused-ring (bicyclic) bond motifs is 1. The molecule has 160 valence electrons. The third kappa shape index (κ3) is 4.18. The minimum Gasteiger partial charge on any atom is -0.494 e. The highest BCUT2D eigenvalue weighted by Gasteiger charge is 2.19. The topological polar surface area (TPSA) is 78.8 Å². The largest absolute Gasteiger partial charge is 0.494 e. The van der Waals surface area contributed by atoms with Gasteiger partial charge in [0.2, 0.25) is 0 Å². The van der Waals surface area contributed by atoms with Crippen molar-refractivity contribution in [2.45, 2.75) is 19.2 Å². The summed E-state index contributed by atoms with van der Waals surface area (Å²) in [5.74, 6) is 0.239. The van der Waals surface area contributed by atoms with Gasteiger partial charge in [0, 0.05) is 40.6 Å². The van der Waals surface area contributed by atoms with Crippen LogP contribution in [0.5, 0.6) is 5.75 Å². The summed E-state index contributed by atoms with van der Waals surface area (Å²) in [5, 5.41) is 5.35. The maximum absolute atomic E-state index is 14.6. The summed E-state index contributed by atoms with van der Waals surface area (Å²) in [6.07, 6.45) is 3.66. The molecule has 0 saturated heterocycles. The molecule has 4 aromatic rings. The Bertz CT molecular complexity index is 1220. The first kappa shape index (κ1) is 21.0. The first-order valence-electron chi connectivity index (χ1n) is 9.68. The second-order valence-electron chi connectivity index (χ2n) is 6.86. The monoisotopic (exact) mass is 441 g/mol. The van der Waals surface area contributed by atoms with Crippen LogP contribution in [0.1, 0.15) is 18.1 Å². The minimum absolute atomic E-state index is 0.0926. The van der Waals surface area contributed by atoms with E-state index in [0.29, 0.717) is 35.2 Å². The molecule has 2 aromatic carbocycles. The molecule has 0 radical (unpaired) electrons. The normalized spacial score (nSPS) is 11.2. The minimum atomic E-state index is -0.688. The molecule has 0 fully saturated rings. The fourth-order valence-electron chi connectivity index (χ4n) is 3.34. The molecule has 0 spiro atoms. The zero-order valence-electron chi connectivity index (χ0n) is 17.1. The van der Waals surface area contributed by atoms with E-state index >= 15 is 0 Å². The van der Waals surface area contributed by atoms with Gasteiger partial charge in [0.1, 0.15) is 28.9 Å². The van der Waals surface area contributed by atoms with E-state index in [1.54, 1.807) is 29.6 Å². The number of para-hydroxylation sites is 1. The molecular formula is C22H21F2N5OS. The van der Waals surface area contributed by atoms with E-state index in [1.165, 1.54) is 12.1 Å². The van der Waals surface area contributed by atoms with Crippen molar-refractivity contribution < 1.29 is 13.5 Å². The van der Waals surface area contributed by atoms with Crippen molar-refractivity contribution in [2.75, 3.05) is 18.6 Å². The van der Waals surface area contributed by atoms with Gasteiger partial charge in [-0.15, -0.1) is 0 Å². The summed E-state index contributed by atoms with van der Waals surface area (Å²) in [4.78, 5) is 8.83. The van der Waals surface area contributed by atoms with Gasteiger partial charge in [-0.25, -0.2) is 18.7 Å². The Morgan fingerprint density at radius 2 is 1.90 bits per heavy atom. The Morgan fingerprint density at radius 1 is 1.16 bits per heavy atom. The molecule has 0 saturated carbocycles. The van der Waals surface area contributed by atoms with Crippen LogP contribution in [-0.2, 0) is 12.3 Å². The van der Waals surface area contributed by atoms with Crippen LogP contribution >= 0.6 is 11.8 Å². The lowest BCUT2D eigenvalue weighted by molar-refractivity contribution is 0.335. The van der Waals surface area contributed by atoms with Crippen molar-refractivity contribution >= 4 is 28.5 Å². The number of nitrogens with two attached hydrogens (primary N) is 1. The molecule has 0 aliphatic rings. The number of hydrogen-bond donors (Lipinski definition) is 1. The van der Waals surface area contributed by atoms with Gasteiger partial charge in [0.15, 0.2) is 5.82 Å². The lowest BCUT2D eigenvalue weighted by Gasteiger charge is -2.09. The van der Waals surface area contributed by atoms with Crippen LogP contribution in [0.4, 0.5) is 14.6 Å². The second-order valence-corrected chi connectivity index (χ2v) is 7.73. The quantitative estimate of drug-likeness (QED) is 0.449. The van der Waals surface area contributed by atoms with E-state index < -0.39 is 11.6 Å². The third-order valence-electron chi connectivity index (χ3n) is 4.80. The fraction of sp³-hybridized carbons (Fsp3) is 0.227. The summed E-state index contributed by atoms with van der Waals surface area (Å²) < 4.78 is 36.0. The molecule has 0 aliphatic carbocycles. The predicted molar refractivity (Wildman–Crippen MR) is 119 cm³/mol. The van der Waals surface area contributed by atoms with E-state index in [9.17, 15) is 8.78 Å². The van der Waals surface area contributed by atoms with Gasteiger partial charge >= 0.3 is 0 Å². The van der Waals surface area contributed by atoms with Gasteiger partial charge < -0.3 is 10.5 Å². The lowest BCUT2D eigenvalue weighted by atomic mass is 10.1. The zero-order chi connectivity index (χ0) is 22.0. The lowest BCUT2D eigenvalue weighted by Crippen LogP contribution is -2.07. The van der Waals surface area contributed by atoms with Crippen molar-refractivity contribution in [3.63, 3.8) is 0 Å². The highest BCUT2D eigenvalue weighted by atomic mass is 32.2. The van der Waals surface area contributed by atoms with Gasteiger partial charge in [0.25, 0.3) is 0 Å². The number of halogens is 2. The average Bonchev–Trinajstić information content (AvgIpc) is 3.11. The van der Waals surface area contributed by atoms with Gasteiger partial charge in [-0.2, -0.15) is 16.9 Å². The average molecular weight is 442 g/mol. The van der Waals surface area contributed by atoms with E-state index in [-0.39, 0.29) is 17.9 Å². The maximum atomic E-state index is 14.6. The highest BCUT2D eigenvalue weighted by molar-refractivity contribution is 7.97. The smallest absolute Gasteiger partial charge is 0.182 e. The number of aromatic nitrogens is 4. The summed E-state index contributed by atoms with van der Waals surface area (Å²) >= 11 is 1.63. The van der Waals surface area contributed by atoms with Gasteiger partial charge in [-0.3, -0.25) is 4.68 Å². The first-order chi connectivity index (χ1) is 15.0. The summed E-state index contributed by atoms with van der Waals surface area (Å²) in [7, 11) is 0. The van der Waals surface area contributed by atoms with Crippen LogP contribution in [0, 0.1) is 11.6 Å². The molecule has 0 amide bonds. The van der Waals surface area contributed by atoms with Gasteiger partial charge in [-0.05, 0) is 19.2 Å². The number of benzene rings is 2. The summed E-state index contributed by atoms with van der Waals surface area (Å²) in [5.41, 5.74) is 8.05. The Kier molecular flexibility index (Phi) is 6.03. The number of rotatable bonds is 7. The summed E-state index contributed by atoms with van der Waals surface area (Å²) in [6.45, 7) is 1.98. The van der Waals surface area contributed by atoms with E-state index in [0.717, 1.165) is 10.9 Å². The van der Waals surface area contributed by atoms with Crippen molar-refractivity contribution in [1.82, 2.24) is 19.7 Å². The van der Waals surface area contributed by atoms with Crippen LogP contribution in [0.3, 0.4) is 0 Å². The van der Waals surface area contributed by atoms with Crippen molar-refractivity contribution in [3.05, 3.63) is 65.4 Å². The first-order valence-corrected chi connectivity index (χ1v) is 11.1. The zero-order valence-corrected chi connectivity index (χ0v) is 17.9. The molecule has 2 heterocycles. The van der Waals surface area contributed by atoms with Gasteiger partial charge in [-0.1, -0.05) is 18.2 Å². The molecule has 2 aromatic heterocycles. The fourth-order valence-corrected chi connectivity index (χ4v) is 3.88. The Labute approximate surface area is 182 Å². The molecule has 4 rings (SSSR count). The standard InChI is InChI=1S/C22H21F2N5OS/c1-3-30-14-8-17(23)16(18(24)9-14)11-29-19-7-5-4-6-15(19)20(28-29)22-26-10-13(12-31-2)21(25)27-22/h4-10H,3,11-12H2,1-2H3,(H2,25,26,27). The Hall–Kier alpha value is -3.20. The Morgan fingerprint density at radius 3 is 2.58 bits per heavy atom. The molecule has 31 heavy (non-hydrogen) atoms. The molecule has 0 aliphatic heterocycles. The Balaban J connectivity index is 1.77. The molecular weight excluding hydrogens is 420 g/mol. The number of thioether (sulfide) groups is 1. The van der Waals surface area contributed by atoms with Crippen LogP contribution in [-0.4, -0.2) is 32.6 Å². The number of nitrogen functional groups attached to an aromatic ring is 1. The number of hydrogen-bond acceptors (Lipinski definition) is 6. The SMILES string of the molecule is CCOc1cc(F)c(Cn2nc(-c3ncc(CSC)c(N)n3)c3ccccc32)c(F)c1. The second kappa shape index (κ2) is 8.89. The van der Waals surface area contributed by atoms with Crippen LogP contribution in [0.15, 0.2) is 42.6 Å². The molecule has 0 bridgehead atoms. The molecule has 2 N–H and O–H groups in total. The van der Waals surface area contributed by atoms with Crippen LogP contribution in [0.2, 0.25) is 0 Å². The number of ether oxygens (including phenoxy) is 1. The maximum Gasteiger partial charge on any atom is 0.182 e. The van der Waals surface area contributed by atoms with E-state index in [2.05, 4.69) is 15.1 Å². The molecule has 0 unspecified atom stereocenters. The van der Waals surface area contributed by atoms with E-state index in [1.807, 2.05) is 30.5 Å². The molecule has 6 nitrogen and oxygen atoms in total. The van der Waals surface area contributed by atoms with E-state index in [4.69, 9.17) is 10.5 Å². The number of anilines is 1. The van der Waals surface area contributed by atoms with Gasteiger partial charge in [0.05, 0.1) is 18.7 Å². The predicted octanol–water partition coefficient (Wildman–Crippen LogP) is 4.66. The van der Waals surface area contributed by atoms with Crippen LogP contribution in [0.25, 0.3) is 22.4 Å². The summed E-state index contributed by atoms with van der Waals surface area (Å²) in [6, 6.07) is 9.77. The van der Waals surface area contributed by atoms with Crippen LogP contribution < -0.4 is 10.5 Å². The van der Waals surface area contributed by atoms with Crippen molar-refractivity contribution in [3.8, 4) is 17.3 Å². The van der Waals surface area contributed by atoms with Crippen molar-refractivity contribution in [2.24, 2.45) is 0 Å². The third-order valence-corrected chi connectivity index (χ3v) is 5.40. The van der Waals surface area contributed by atoms with Crippen molar-refractivity contribution in [1.29, 1.82) is 0 Å². The highest BCUT2D eigenvalue weighted by Crippen LogP contribution is 2.29.